The lowest BCUT2D eigenvalue weighted by Crippen LogP contribution is -2.12. The van der Waals surface area contributed by atoms with Crippen LogP contribution in [0.25, 0.3) is 0 Å². The largest absolute Gasteiger partial charge is 0.493 e. The molecule has 0 amide bonds. The van der Waals surface area contributed by atoms with Gasteiger partial charge in [-0.15, -0.1) is 0 Å². The molecule has 0 radical (unpaired) electrons. The van der Waals surface area contributed by atoms with E-state index in [9.17, 15) is 0 Å². The fraction of sp³-hybridized carbons (Fsp3) is 0.500. The zero-order chi connectivity index (χ0) is 10.4. The maximum absolute atomic E-state index is 5.68. The number of ether oxygens (including phenoxy) is 1. The Morgan fingerprint density at radius 2 is 2.21 bits per heavy atom. The first kappa shape index (κ1) is 11.4. The van der Waals surface area contributed by atoms with Crippen LogP contribution in [0.3, 0.4) is 0 Å². The molecule has 78 valence electrons. The molecule has 0 bridgehead atoms. The summed E-state index contributed by atoms with van der Waals surface area (Å²) in [6, 6.07) is 8.15. The summed E-state index contributed by atoms with van der Waals surface area (Å²) >= 11 is 4.28. The summed E-state index contributed by atoms with van der Waals surface area (Å²) in [4.78, 5) is 0. The van der Waals surface area contributed by atoms with Crippen molar-refractivity contribution < 1.29 is 4.74 Å². The molecule has 0 aliphatic heterocycles. The quantitative estimate of drug-likeness (QED) is 0.733. The molecule has 1 unspecified atom stereocenters. The molecule has 0 saturated carbocycles. The summed E-state index contributed by atoms with van der Waals surface area (Å²) < 4.78 is 5.68. The molecule has 1 rings (SSSR count). The Morgan fingerprint density at radius 1 is 1.43 bits per heavy atom. The molecule has 1 atom stereocenters. The van der Waals surface area contributed by atoms with Crippen molar-refractivity contribution in [1.82, 2.24) is 0 Å². The van der Waals surface area contributed by atoms with E-state index in [4.69, 9.17) is 4.74 Å². The van der Waals surface area contributed by atoms with Gasteiger partial charge in [-0.25, -0.2) is 0 Å². The lowest BCUT2D eigenvalue weighted by molar-refractivity contribution is 0.259. The molecule has 1 aromatic rings. The van der Waals surface area contributed by atoms with E-state index in [0.717, 1.165) is 24.5 Å². The molecule has 2 heteroatoms. The minimum Gasteiger partial charge on any atom is -0.493 e. The molecule has 1 nitrogen and oxygen atoms in total. The third kappa shape index (κ3) is 3.62. The molecule has 14 heavy (non-hydrogen) atoms. The zero-order valence-electron chi connectivity index (χ0n) is 8.86. The predicted molar refractivity (Wildman–Crippen MR) is 64.3 cm³/mol. The van der Waals surface area contributed by atoms with Crippen LogP contribution in [0.1, 0.15) is 18.9 Å². The number of hydrogen-bond donors (Lipinski definition) is 1. The van der Waals surface area contributed by atoms with E-state index in [1.54, 1.807) is 0 Å². The molecule has 0 aliphatic rings. The SMILES string of the molecule is CCC(CS)COc1cccc(C)c1. The first-order valence-electron chi connectivity index (χ1n) is 5.06. The molecule has 0 heterocycles. The average molecular weight is 210 g/mol. The van der Waals surface area contributed by atoms with E-state index in [1.807, 2.05) is 12.1 Å². The maximum atomic E-state index is 5.68. The highest BCUT2D eigenvalue weighted by Crippen LogP contribution is 2.14. The van der Waals surface area contributed by atoms with Gasteiger partial charge in [0.05, 0.1) is 6.61 Å². The van der Waals surface area contributed by atoms with Crippen LogP contribution in [0.5, 0.6) is 5.75 Å². The third-order valence-corrected chi connectivity index (χ3v) is 2.83. The first-order chi connectivity index (χ1) is 6.76. The lowest BCUT2D eigenvalue weighted by Gasteiger charge is -2.13. The van der Waals surface area contributed by atoms with Crippen LogP contribution in [0, 0.1) is 12.8 Å². The standard InChI is InChI=1S/C12H18OS/c1-3-11(9-14)8-13-12-6-4-5-10(2)7-12/h4-7,11,14H,3,8-9H2,1-2H3. The van der Waals surface area contributed by atoms with E-state index in [-0.39, 0.29) is 0 Å². The second-order valence-corrected chi connectivity index (χ2v) is 3.95. The minimum absolute atomic E-state index is 0.554. The van der Waals surface area contributed by atoms with E-state index < -0.39 is 0 Å². The molecule has 1 aromatic carbocycles. The summed E-state index contributed by atoms with van der Waals surface area (Å²) in [6.45, 7) is 5.01. The zero-order valence-corrected chi connectivity index (χ0v) is 9.76. The van der Waals surface area contributed by atoms with Crippen LogP contribution in [0.15, 0.2) is 24.3 Å². The fourth-order valence-electron chi connectivity index (χ4n) is 1.22. The monoisotopic (exact) mass is 210 g/mol. The van der Waals surface area contributed by atoms with Gasteiger partial charge >= 0.3 is 0 Å². The summed E-state index contributed by atoms with van der Waals surface area (Å²) in [5.41, 5.74) is 1.24. The Labute approximate surface area is 91.9 Å². The summed E-state index contributed by atoms with van der Waals surface area (Å²) in [5.74, 6) is 2.41. The van der Waals surface area contributed by atoms with Crippen molar-refractivity contribution in [3.8, 4) is 5.75 Å². The number of hydrogen-bond acceptors (Lipinski definition) is 2. The summed E-state index contributed by atoms with van der Waals surface area (Å²) in [7, 11) is 0. The Hall–Kier alpha value is -0.630. The third-order valence-electron chi connectivity index (χ3n) is 2.31. The van der Waals surface area contributed by atoms with E-state index in [0.29, 0.717) is 5.92 Å². The Morgan fingerprint density at radius 3 is 2.79 bits per heavy atom. The van der Waals surface area contributed by atoms with Crippen molar-refractivity contribution in [1.29, 1.82) is 0 Å². The molecule has 0 N–H and O–H groups in total. The maximum Gasteiger partial charge on any atom is 0.119 e. The highest BCUT2D eigenvalue weighted by Gasteiger charge is 2.04. The van der Waals surface area contributed by atoms with Crippen LogP contribution in [-0.4, -0.2) is 12.4 Å². The van der Waals surface area contributed by atoms with Gasteiger partial charge < -0.3 is 4.74 Å². The van der Waals surface area contributed by atoms with E-state index in [1.165, 1.54) is 5.56 Å². The second-order valence-electron chi connectivity index (χ2n) is 3.58. The second kappa shape index (κ2) is 5.97. The summed E-state index contributed by atoms with van der Waals surface area (Å²) in [6.07, 6.45) is 1.12. The number of rotatable bonds is 5. The van der Waals surface area contributed by atoms with Gasteiger partial charge in [-0.1, -0.05) is 19.1 Å². The molecule has 0 fully saturated rings. The van der Waals surface area contributed by atoms with Crippen molar-refractivity contribution in [2.24, 2.45) is 5.92 Å². The van der Waals surface area contributed by atoms with E-state index in [2.05, 4.69) is 38.6 Å². The lowest BCUT2D eigenvalue weighted by atomic mass is 10.1. The fourth-order valence-corrected chi connectivity index (χ4v) is 1.58. The number of aryl methyl sites for hydroxylation is 1. The Balaban J connectivity index is 2.44. The molecular weight excluding hydrogens is 192 g/mol. The van der Waals surface area contributed by atoms with Crippen molar-refractivity contribution in [3.05, 3.63) is 29.8 Å². The van der Waals surface area contributed by atoms with Gasteiger partial charge in [0.15, 0.2) is 0 Å². The van der Waals surface area contributed by atoms with Crippen LogP contribution >= 0.6 is 12.6 Å². The highest BCUT2D eigenvalue weighted by molar-refractivity contribution is 7.80. The Bertz CT molecular complexity index is 269. The highest BCUT2D eigenvalue weighted by atomic mass is 32.1. The normalized spacial score (nSPS) is 12.5. The van der Waals surface area contributed by atoms with Gasteiger partial charge in [0.2, 0.25) is 0 Å². The van der Waals surface area contributed by atoms with Gasteiger partial charge in [0, 0.05) is 5.92 Å². The summed E-state index contributed by atoms with van der Waals surface area (Å²) in [5, 5.41) is 0. The van der Waals surface area contributed by atoms with Crippen molar-refractivity contribution >= 4 is 12.6 Å². The van der Waals surface area contributed by atoms with Crippen molar-refractivity contribution in [3.63, 3.8) is 0 Å². The molecular formula is C12H18OS. The van der Waals surface area contributed by atoms with E-state index >= 15 is 0 Å². The van der Waals surface area contributed by atoms with Gasteiger partial charge in [-0.05, 0) is 36.8 Å². The number of thiol groups is 1. The smallest absolute Gasteiger partial charge is 0.119 e. The predicted octanol–water partition coefficient (Wildman–Crippen LogP) is 3.33. The van der Waals surface area contributed by atoms with Crippen LogP contribution in [0.4, 0.5) is 0 Å². The molecule has 0 saturated heterocycles. The average Bonchev–Trinajstić information content (AvgIpc) is 2.19. The van der Waals surface area contributed by atoms with Gasteiger partial charge in [-0.2, -0.15) is 12.6 Å². The van der Waals surface area contributed by atoms with Gasteiger partial charge in [0.25, 0.3) is 0 Å². The van der Waals surface area contributed by atoms with Crippen LogP contribution in [0.2, 0.25) is 0 Å². The van der Waals surface area contributed by atoms with Crippen molar-refractivity contribution in [2.45, 2.75) is 20.3 Å². The first-order valence-corrected chi connectivity index (χ1v) is 5.69. The van der Waals surface area contributed by atoms with Gasteiger partial charge in [-0.3, -0.25) is 0 Å². The molecule has 0 aromatic heterocycles. The topological polar surface area (TPSA) is 9.23 Å². The Kier molecular flexibility index (Phi) is 4.88. The number of benzene rings is 1. The minimum atomic E-state index is 0.554. The van der Waals surface area contributed by atoms with Crippen LogP contribution < -0.4 is 4.74 Å². The van der Waals surface area contributed by atoms with Crippen molar-refractivity contribution in [2.75, 3.05) is 12.4 Å². The van der Waals surface area contributed by atoms with Gasteiger partial charge in [0.1, 0.15) is 5.75 Å². The van der Waals surface area contributed by atoms with Crippen LogP contribution in [-0.2, 0) is 0 Å². The molecule has 0 aliphatic carbocycles. The molecule has 0 spiro atoms.